The zero-order valence-corrected chi connectivity index (χ0v) is 71.4. The van der Waals surface area contributed by atoms with E-state index in [4.69, 9.17) is 5.73 Å². The number of rotatable bonds is 21. The fourth-order valence-corrected chi connectivity index (χ4v) is 14.9. The Morgan fingerprint density at radius 2 is 0.984 bits per heavy atom. The van der Waals surface area contributed by atoms with Crippen LogP contribution in [0.2, 0.25) is 0 Å². The lowest BCUT2D eigenvalue weighted by Gasteiger charge is -2.37. The Morgan fingerprint density at radius 3 is 1.55 bits per heavy atom. The molecule has 0 aliphatic carbocycles. The normalized spacial score (nSPS) is 22.5. The molecule has 0 radical (unpaired) electrons. The summed E-state index contributed by atoms with van der Waals surface area (Å²) in [7, 11) is 6.57. The van der Waals surface area contributed by atoms with Gasteiger partial charge in [0.2, 0.25) is 88.6 Å². The number of para-hydroxylation sites is 1. The zero-order chi connectivity index (χ0) is 89.6. The van der Waals surface area contributed by atoms with Gasteiger partial charge in [0.05, 0.1) is 31.8 Å². The first kappa shape index (κ1) is 96.4. The summed E-state index contributed by atoms with van der Waals surface area (Å²) in [6.07, 6.45) is 0.595. The number of amides is 15. The third kappa shape index (κ3) is 29.1. The minimum atomic E-state index is -1.87. The number of phenolic OH excluding ortho intramolecular Hbond substituents is 1. The zero-order valence-electron chi connectivity index (χ0n) is 70.6. The molecule has 15 amide bonds. The van der Waals surface area contributed by atoms with Gasteiger partial charge in [-0.1, -0.05) is 169 Å². The molecule has 11 atom stereocenters. The average Bonchev–Trinajstić information content (AvgIpc) is 1.05. The Labute approximate surface area is 713 Å². The van der Waals surface area contributed by atoms with Crippen LogP contribution in [0.4, 0.5) is 0 Å². The topological polar surface area (TPSA) is 480 Å². The van der Waals surface area contributed by atoms with Crippen LogP contribution in [0.5, 0.6) is 5.75 Å². The number of carbonyl (C=O) groups excluding carboxylic acids is 15. The number of nitrogens with two attached hydrogens (primary N) is 1. The van der Waals surface area contributed by atoms with E-state index < -0.39 is 199 Å². The van der Waals surface area contributed by atoms with Crippen LogP contribution < -0.4 is 53.6 Å². The number of benzene rings is 5. The summed E-state index contributed by atoms with van der Waals surface area (Å²) in [5.74, 6) is -16.9. The van der Waals surface area contributed by atoms with E-state index in [1.54, 1.807) is 149 Å². The number of hydrogen-bond acceptors (Lipinski definition) is 18. The molecule has 35 heteroatoms. The Bertz CT molecular complexity index is 4650. The van der Waals surface area contributed by atoms with E-state index in [9.17, 15) is 67.7 Å². The lowest BCUT2D eigenvalue weighted by molar-refractivity contribution is -0.151. The van der Waals surface area contributed by atoms with E-state index in [0.717, 1.165) is 26.5 Å². The highest BCUT2D eigenvalue weighted by Gasteiger charge is 2.42. The molecular formula is C87H114N16O18S. The van der Waals surface area contributed by atoms with E-state index in [0.29, 0.717) is 51.6 Å². The van der Waals surface area contributed by atoms with Crippen molar-refractivity contribution in [2.75, 3.05) is 66.4 Å². The Balaban J connectivity index is 1.30. The van der Waals surface area contributed by atoms with Crippen LogP contribution in [0, 0.1) is 11.8 Å². The molecule has 1 aliphatic heterocycles. The van der Waals surface area contributed by atoms with E-state index in [-0.39, 0.29) is 62.4 Å². The van der Waals surface area contributed by atoms with Crippen LogP contribution in [-0.4, -0.2) is 267 Å². The first-order valence-electron chi connectivity index (χ1n) is 40.4. The van der Waals surface area contributed by atoms with Crippen molar-refractivity contribution in [2.45, 2.75) is 172 Å². The lowest BCUT2D eigenvalue weighted by Crippen LogP contribution is -2.61. The van der Waals surface area contributed by atoms with Crippen molar-refractivity contribution >= 4 is 117 Å². The van der Waals surface area contributed by atoms with Crippen molar-refractivity contribution in [3.63, 3.8) is 0 Å². The first-order valence-corrected chi connectivity index (χ1v) is 41.6. The number of hydrogen-bond donors (Lipinski definition) is 13. The third-order valence-corrected chi connectivity index (χ3v) is 21.8. The van der Waals surface area contributed by atoms with Gasteiger partial charge in [-0.3, -0.25) is 76.7 Å². The monoisotopic (exact) mass is 1700 g/mol. The quantitative estimate of drug-likeness (QED) is 0.0484. The molecule has 0 saturated carbocycles. The molecule has 1 fully saturated rings. The van der Waals surface area contributed by atoms with Gasteiger partial charge in [0.25, 0.3) is 0 Å². The van der Waals surface area contributed by atoms with Crippen molar-refractivity contribution in [2.24, 2.45) is 17.6 Å². The molecule has 34 nitrogen and oxygen atoms in total. The average molecular weight is 1700 g/mol. The summed E-state index contributed by atoms with van der Waals surface area (Å²) in [4.78, 5) is 240. The van der Waals surface area contributed by atoms with Gasteiger partial charge < -0.3 is 93.3 Å². The summed E-state index contributed by atoms with van der Waals surface area (Å²) >= 11 is 0.836. The number of likely N-dealkylation sites (N-methyl/N-ethyl adjacent to an activating group) is 5. The molecule has 1 saturated heterocycles. The minimum Gasteiger partial charge on any atom is -0.508 e. The van der Waals surface area contributed by atoms with Gasteiger partial charge >= 0.3 is 5.97 Å². The fourth-order valence-electron chi connectivity index (χ4n) is 14.0. The number of thioether (sulfide) groups is 1. The van der Waals surface area contributed by atoms with E-state index in [2.05, 4.69) is 52.8 Å². The number of H-pyrrole nitrogens is 1. The van der Waals surface area contributed by atoms with Crippen LogP contribution in [-0.2, 0) is 109 Å². The number of aromatic nitrogens is 1. The number of carboxylic acid groups (broad SMARTS) is 1. The van der Waals surface area contributed by atoms with Gasteiger partial charge in [-0.05, 0) is 77.6 Å². The molecule has 1 aromatic heterocycles. The standard InChI is InChI=1S/C87H114N16O18S/c1-12-13-33-68-85(119)100(8)48-73(107)93-65(44-75(109)110)81(115)98-76(52(4)5)87(121)102(10)69(41-55-27-19-15-20-28-55)82(116)91-53(6)83(117)99(7)47-72(106)92-64(43-58-45-89-61-32-24-23-31-60(58)61)80(114)96-63(39-57-34-36-59(104)37-35-57)79(113)95-62(38-51(2)3)78(112)97-67(77(111)90-46-71(88)105)49-122-50-74(108)94-66(40-54-25-17-14-18-26-54)84(118)103(11)70(86(120)101(68)9)42-56-29-21-16-22-30-56/h14-32,34-37,45,51-53,62-70,76,89,104H,12-13,33,38-44,46-50H2,1-11H3,(H2,88,105)(H,90,111)(H,91,116)(H,92,106)(H,93,107)(H,94,108)(H,95,113)(H,96,114)(H,97,112)(H,98,115)(H,109,110). The first-order chi connectivity index (χ1) is 57.9. The van der Waals surface area contributed by atoms with Gasteiger partial charge in [0.1, 0.15) is 72.2 Å². The smallest absolute Gasteiger partial charge is 0.305 e. The predicted molar refractivity (Wildman–Crippen MR) is 456 cm³/mol. The van der Waals surface area contributed by atoms with E-state index >= 15 is 19.2 Å². The van der Waals surface area contributed by atoms with Gasteiger partial charge in [-0.15, -0.1) is 11.8 Å². The number of aromatic amines is 1. The largest absolute Gasteiger partial charge is 0.508 e. The number of primary amides is 1. The second kappa shape index (κ2) is 46.8. The molecule has 656 valence electrons. The summed E-state index contributed by atoms with van der Waals surface area (Å²) in [6, 6.07) is 22.2. The van der Waals surface area contributed by atoms with Crippen LogP contribution in [0.3, 0.4) is 0 Å². The number of phenols is 1. The van der Waals surface area contributed by atoms with Crippen LogP contribution in [0.25, 0.3) is 10.9 Å². The van der Waals surface area contributed by atoms with Crippen molar-refractivity contribution in [1.29, 1.82) is 0 Å². The molecule has 0 spiro atoms. The maximum Gasteiger partial charge on any atom is 0.305 e. The molecule has 6 aromatic rings. The molecule has 122 heavy (non-hydrogen) atoms. The minimum absolute atomic E-state index is 0.0424. The predicted octanol–water partition coefficient (Wildman–Crippen LogP) is 1.40. The van der Waals surface area contributed by atoms with Gasteiger partial charge in [0, 0.05) is 90.2 Å². The number of nitrogens with one attached hydrogen (secondary N) is 10. The third-order valence-electron chi connectivity index (χ3n) is 20.8. The summed E-state index contributed by atoms with van der Waals surface area (Å²) < 4.78 is 0. The molecule has 1 aliphatic rings. The van der Waals surface area contributed by atoms with Crippen molar-refractivity contribution < 1.29 is 86.9 Å². The maximum absolute atomic E-state index is 15.5. The molecule has 11 unspecified atom stereocenters. The highest BCUT2D eigenvalue weighted by molar-refractivity contribution is 8.00. The number of aromatic hydroxyl groups is 1. The van der Waals surface area contributed by atoms with Gasteiger partial charge in [0.15, 0.2) is 0 Å². The van der Waals surface area contributed by atoms with Crippen LogP contribution >= 0.6 is 11.8 Å². The number of unbranched alkanes of at least 4 members (excludes halogenated alkanes) is 1. The van der Waals surface area contributed by atoms with Crippen LogP contribution in [0.1, 0.15) is 101 Å². The molecule has 14 N–H and O–H groups in total. The van der Waals surface area contributed by atoms with Gasteiger partial charge in [-0.25, -0.2) is 0 Å². The van der Waals surface area contributed by atoms with E-state index in [1.165, 1.54) is 76.2 Å². The lowest BCUT2D eigenvalue weighted by atomic mass is 9.98. The second-order valence-corrected chi connectivity index (χ2v) is 32.4. The van der Waals surface area contributed by atoms with Crippen LogP contribution in [0.15, 0.2) is 146 Å². The number of aliphatic carboxylic acids is 1. The maximum atomic E-state index is 15.5. The summed E-state index contributed by atoms with van der Waals surface area (Å²) in [5, 5.41) is 44.9. The van der Waals surface area contributed by atoms with E-state index in [1.807, 2.05) is 6.92 Å². The number of fused-ring (bicyclic) bond motifs is 1. The molecule has 2 heterocycles. The number of carboxylic acids is 1. The molecule has 0 bridgehead atoms. The Hall–Kier alpha value is -12.7. The Kier molecular flexibility index (Phi) is 37.0. The SMILES string of the molecule is CCCCC1C(=O)N(C)CC(=O)NC(CC(=O)O)C(=O)NC(C(C)C)C(=O)N(C)C(Cc2ccccc2)C(=O)NC(C)C(=O)N(C)CC(=O)NC(Cc2c[nH]c3ccccc23)C(=O)NC(Cc2ccc(O)cc2)C(=O)NC(CC(C)C)C(=O)NC(C(=O)NCC(N)=O)CSCC(=O)NC(Cc2ccccc2)C(=O)N(C)C(Cc2ccccc2)C(=O)N1C. The summed E-state index contributed by atoms with van der Waals surface area (Å²) in [6.45, 7) is 7.64. The molecule has 5 aromatic carbocycles. The molecule has 7 rings (SSSR count). The highest BCUT2D eigenvalue weighted by atomic mass is 32.2. The highest BCUT2D eigenvalue weighted by Crippen LogP contribution is 2.24. The van der Waals surface area contributed by atoms with Crippen molar-refractivity contribution in [1.82, 2.24) is 77.3 Å². The fraction of sp³-hybridized carbons (Fsp3) is 0.448. The molecular weight excluding hydrogens is 1590 g/mol. The van der Waals surface area contributed by atoms with Crippen molar-refractivity contribution in [3.05, 3.63) is 174 Å². The Morgan fingerprint density at radius 1 is 0.500 bits per heavy atom. The summed E-state index contributed by atoms with van der Waals surface area (Å²) in [5.41, 5.74) is 8.80. The number of nitrogens with zero attached hydrogens (tertiary/aromatic N) is 5. The van der Waals surface area contributed by atoms with Gasteiger partial charge in [-0.2, -0.15) is 0 Å². The number of carbonyl (C=O) groups is 16. The second-order valence-electron chi connectivity index (χ2n) is 31.4. The van der Waals surface area contributed by atoms with Crippen molar-refractivity contribution in [3.8, 4) is 5.75 Å².